The number of aliphatic carboxylic acids is 1. The summed E-state index contributed by atoms with van der Waals surface area (Å²) in [6, 6.07) is 1.76. The molecule has 2 N–H and O–H groups in total. The van der Waals surface area contributed by atoms with Crippen LogP contribution in [0, 0.1) is 0 Å². The summed E-state index contributed by atoms with van der Waals surface area (Å²) in [5, 5.41) is 15.6. The van der Waals surface area contributed by atoms with Crippen LogP contribution in [0.15, 0.2) is 16.8 Å². The number of carboxylic acids is 1. The van der Waals surface area contributed by atoms with Crippen LogP contribution in [0.2, 0.25) is 0 Å². The Hall–Kier alpha value is -1.36. The Balaban J connectivity index is 2.09. The van der Waals surface area contributed by atoms with Gasteiger partial charge in [0.15, 0.2) is 0 Å². The van der Waals surface area contributed by atoms with Gasteiger partial charge in [0.25, 0.3) is 5.91 Å². The molecule has 98 valence electrons. The standard InChI is InChI=1S/C13H17NO3S/c15-11(16)8-13(5-2-1-3-6-13)14-12(17)10-4-7-18-9-10/h4,7,9H,1-3,5-6,8H2,(H,14,17)(H,15,16). The van der Waals surface area contributed by atoms with Crippen molar-refractivity contribution in [3.05, 3.63) is 22.4 Å². The molecule has 0 aromatic carbocycles. The van der Waals surface area contributed by atoms with Crippen molar-refractivity contribution in [1.29, 1.82) is 0 Å². The average Bonchev–Trinajstić information content (AvgIpc) is 2.82. The van der Waals surface area contributed by atoms with E-state index in [0.717, 1.165) is 32.1 Å². The van der Waals surface area contributed by atoms with Crippen LogP contribution >= 0.6 is 11.3 Å². The molecule has 1 aliphatic carbocycles. The van der Waals surface area contributed by atoms with Crippen molar-refractivity contribution in [2.75, 3.05) is 0 Å². The van der Waals surface area contributed by atoms with E-state index in [2.05, 4.69) is 5.32 Å². The molecule has 0 bridgehead atoms. The van der Waals surface area contributed by atoms with Gasteiger partial charge in [-0.15, -0.1) is 0 Å². The maximum Gasteiger partial charge on any atom is 0.305 e. The molecule has 2 rings (SSSR count). The summed E-state index contributed by atoms with van der Waals surface area (Å²) >= 11 is 1.47. The van der Waals surface area contributed by atoms with Crippen LogP contribution in [0.5, 0.6) is 0 Å². The van der Waals surface area contributed by atoms with Gasteiger partial charge in [0.05, 0.1) is 17.5 Å². The largest absolute Gasteiger partial charge is 0.481 e. The van der Waals surface area contributed by atoms with Crippen molar-refractivity contribution >= 4 is 23.2 Å². The third-order valence-electron chi connectivity index (χ3n) is 3.46. The summed E-state index contributed by atoms with van der Waals surface area (Å²) in [6.07, 6.45) is 4.62. The third kappa shape index (κ3) is 3.10. The van der Waals surface area contributed by atoms with E-state index in [9.17, 15) is 9.59 Å². The highest BCUT2D eigenvalue weighted by Gasteiger charge is 2.36. The molecular formula is C13H17NO3S. The van der Waals surface area contributed by atoms with Gasteiger partial charge in [-0.1, -0.05) is 19.3 Å². The lowest BCUT2D eigenvalue weighted by Gasteiger charge is -2.36. The van der Waals surface area contributed by atoms with E-state index < -0.39 is 11.5 Å². The molecule has 1 amide bonds. The zero-order chi connectivity index (χ0) is 13.0. The van der Waals surface area contributed by atoms with E-state index >= 15 is 0 Å². The number of carboxylic acid groups (broad SMARTS) is 1. The summed E-state index contributed by atoms with van der Waals surface area (Å²) in [5.74, 6) is -0.998. The number of carbonyl (C=O) groups is 2. The van der Waals surface area contributed by atoms with E-state index in [4.69, 9.17) is 5.11 Å². The van der Waals surface area contributed by atoms with Crippen LogP contribution in [-0.2, 0) is 4.79 Å². The van der Waals surface area contributed by atoms with Gasteiger partial charge in [-0.25, -0.2) is 0 Å². The second-order valence-corrected chi connectivity index (χ2v) is 5.66. The van der Waals surface area contributed by atoms with Crippen molar-refractivity contribution < 1.29 is 14.7 Å². The van der Waals surface area contributed by atoms with Gasteiger partial charge in [0.1, 0.15) is 0 Å². The van der Waals surface area contributed by atoms with Gasteiger partial charge in [0.2, 0.25) is 0 Å². The number of carbonyl (C=O) groups excluding carboxylic acids is 1. The summed E-state index contributed by atoms with van der Waals surface area (Å²) in [6.45, 7) is 0. The van der Waals surface area contributed by atoms with Gasteiger partial charge < -0.3 is 10.4 Å². The molecular weight excluding hydrogens is 250 g/mol. The minimum Gasteiger partial charge on any atom is -0.481 e. The van der Waals surface area contributed by atoms with Crippen molar-refractivity contribution in [3.63, 3.8) is 0 Å². The van der Waals surface area contributed by atoms with E-state index in [-0.39, 0.29) is 12.3 Å². The molecule has 18 heavy (non-hydrogen) atoms. The molecule has 0 saturated heterocycles. The molecule has 0 aliphatic heterocycles. The first-order valence-electron chi connectivity index (χ1n) is 6.18. The normalized spacial score (nSPS) is 18.2. The van der Waals surface area contributed by atoms with E-state index in [1.807, 2.05) is 5.38 Å². The molecule has 0 spiro atoms. The van der Waals surface area contributed by atoms with Crippen LogP contribution in [0.3, 0.4) is 0 Å². The average molecular weight is 267 g/mol. The Morgan fingerprint density at radius 1 is 1.33 bits per heavy atom. The zero-order valence-corrected chi connectivity index (χ0v) is 11.0. The molecule has 1 aromatic heterocycles. The van der Waals surface area contributed by atoms with Crippen molar-refractivity contribution in [1.82, 2.24) is 5.32 Å². The quantitative estimate of drug-likeness (QED) is 0.881. The Morgan fingerprint density at radius 3 is 2.61 bits per heavy atom. The van der Waals surface area contributed by atoms with E-state index in [1.54, 1.807) is 11.4 Å². The lowest BCUT2D eigenvalue weighted by atomic mass is 9.79. The molecule has 4 nitrogen and oxygen atoms in total. The smallest absolute Gasteiger partial charge is 0.305 e. The Labute approximate surface area is 110 Å². The highest BCUT2D eigenvalue weighted by molar-refractivity contribution is 7.08. The first-order valence-corrected chi connectivity index (χ1v) is 7.12. The first-order chi connectivity index (χ1) is 8.61. The van der Waals surface area contributed by atoms with Crippen molar-refractivity contribution in [2.45, 2.75) is 44.1 Å². The summed E-state index contributed by atoms with van der Waals surface area (Å²) in [4.78, 5) is 23.1. The molecule has 1 aromatic rings. The van der Waals surface area contributed by atoms with Crippen LogP contribution in [-0.4, -0.2) is 22.5 Å². The fourth-order valence-corrected chi connectivity index (χ4v) is 3.21. The van der Waals surface area contributed by atoms with Gasteiger partial charge in [-0.05, 0) is 24.3 Å². The molecule has 0 radical (unpaired) electrons. The van der Waals surface area contributed by atoms with Gasteiger partial charge in [-0.2, -0.15) is 11.3 Å². The van der Waals surface area contributed by atoms with Gasteiger partial charge in [0, 0.05) is 5.38 Å². The van der Waals surface area contributed by atoms with E-state index in [0.29, 0.717) is 5.56 Å². The fourth-order valence-electron chi connectivity index (χ4n) is 2.57. The topological polar surface area (TPSA) is 66.4 Å². The highest BCUT2D eigenvalue weighted by atomic mass is 32.1. The minimum atomic E-state index is -0.845. The molecule has 0 unspecified atom stereocenters. The minimum absolute atomic E-state index is 0.0167. The fraction of sp³-hybridized carbons (Fsp3) is 0.538. The monoisotopic (exact) mass is 267 g/mol. The summed E-state index contributed by atoms with van der Waals surface area (Å²) in [7, 11) is 0. The maximum atomic E-state index is 12.1. The third-order valence-corrected chi connectivity index (χ3v) is 4.15. The first kappa shape index (κ1) is 13.1. The molecule has 5 heteroatoms. The zero-order valence-electron chi connectivity index (χ0n) is 10.1. The van der Waals surface area contributed by atoms with Gasteiger partial charge >= 0.3 is 5.97 Å². The number of hydrogen-bond acceptors (Lipinski definition) is 3. The summed E-state index contributed by atoms with van der Waals surface area (Å²) in [5.41, 5.74) is 0.0682. The number of hydrogen-bond donors (Lipinski definition) is 2. The lowest BCUT2D eigenvalue weighted by molar-refractivity contribution is -0.139. The molecule has 1 aliphatic rings. The lowest BCUT2D eigenvalue weighted by Crippen LogP contribution is -2.51. The van der Waals surface area contributed by atoms with Crippen molar-refractivity contribution in [3.8, 4) is 0 Å². The second kappa shape index (κ2) is 5.52. The van der Waals surface area contributed by atoms with Gasteiger partial charge in [-0.3, -0.25) is 9.59 Å². The Bertz CT molecular complexity index is 421. The second-order valence-electron chi connectivity index (χ2n) is 4.88. The Morgan fingerprint density at radius 2 is 2.06 bits per heavy atom. The number of rotatable bonds is 4. The molecule has 0 atom stereocenters. The maximum absolute atomic E-state index is 12.1. The molecule has 1 saturated carbocycles. The van der Waals surface area contributed by atoms with Crippen LogP contribution < -0.4 is 5.32 Å². The predicted octanol–water partition coefficient (Wildman–Crippen LogP) is 2.66. The van der Waals surface area contributed by atoms with Crippen LogP contribution in [0.25, 0.3) is 0 Å². The van der Waals surface area contributed by atoms with Crippen molar-refractivity contribution in [2.24, 2.45) is 0 Å². The summed E-state index contributed by atoms with van der Waals surface area (Å²) < 4.78 is 0. The van der Waals surface area contributed by atoms with Crippen LogP contribution in [0.4, 0.5) is 0 Å². The highest BCUT2D eigenvalue weighted by Crippen LogP contribution is 2.31. The molecule has 1 heterocycles. The molecule has 1 fully saturated rings. The van der Waals surface area contributed by atoms with Crippen LogP contribution in [0.1, 0.15) is 48.9 Å². The Kier molecular flexibility index (Phi) is 4.01. The SMILES string of the molecule is O=C(O)CC1(NC(=O)c2ccsc2)CCCCC1. The predicted molar refractivity (Wildman–Crippen MR) is 69.9 cm³/mol. The number of amides is 1. The number of thiophene rings is 1. The van der Waals surface area contributed by atoms with E-state index in [1.165, 1.54) is 11.3 Å². The number of nitrogens with one attached hydrogen (secondary N) is 1.